The Morgan fingerprint density at radius 3 is 2.73 bits per heavy atom. The zero-order chi connectivity index (χ0) is 11.1. The van der Waals surface area contributed by atoms with E-state index in [0.29, 0.717) is 5.56 Å². The Morgan fingerprint density at radius 1 is 1.33 bits per heavy atom. The van der Waals surface area contributed by atoms with Gasteiger partial charge in [0.1, 0.15) is 0 Å². The van der Waals surface area contributed by atoms with Crippen LogP contribution in [0.25, 0.3) is 0 Å². The summed E-state index contributed by atoms with van der Waals surface area (Å²) in [6, 6.07) is 3.60. The van der Waals surface area contributed by atoms with Crippen LogP contribution in [-0.4, -0.2) is 6.61 Å². The molecule has 0 unspecified atom stereocenters. The maximum atomic E-state index is 12.6. The van der Waals surface area contributed by atoms with E-state index in [2.05, 4.69) is 0 Å². The molecule has 0 amide bonds. The predicted octanol–water partition coefficient (Wildman–Crippen LogP) is 2.24. The average Bonchev–Trinajstić information content (AvgIpc) is 2.16. The first kappa shape index (κ1) is 10.4. The fraction of sp³-hybridized carbons (Fsp3) is 0.400. The SMILES string of the molecule is N[C@H]1COCc2c1cccc2C(F)(F)F. The van der Waals surface area contributed by atoms with Crippen molar-refractivity contribution in [2.45, 2.75) is 18.8 Å². The number of hydrogen-bond donors (Lipinski definition) is 1. The summed E-state index contributed by atoms with van der Waals surface area (Å²) in [5, 5.41) is 0. The van der Waals surface area contributed by atoms with E-state index in [4.69, 9.17) is 10.5 Å². The van der Waals surface area contributed by atoms with Gasteiger partial charge >= 0.3 is 6.18 Å². The molecule has 5 heteroatoms. The van der Waals surface area contributed by atoms with Crippen LogP contribution >= 0.6 is 0 Å². The molecule has 0 radical (unpaired) electrons. The van der Waals surface area contributed by atoms with Crippen LogP contribution in [0.4, 0.5) is 13.2 Å². The van der Waals surface area contributed by atoms with Crippen LogP contribution in [0.15, 0.2) is 18.2 Å². The molecule has 2 N–H and O–H groups in total. The third-order valence-electron chi connectivity index (χ3n) is 2.46. The summed E-state index contributed by atoms with van der Waals surface area (Å²) in [5.41, 5.74) is 5.73. The minimum atomic E-state index is -4.34. The van der Waals surface area contributed by atoms with Crippen molar-refractivity contribution in [2.24, 2.45) is 5.73 Å². The average molecular weight is 217 g/mol. The second-order valence-electron chi connectivity index (χ2n) is 3.49. The quantitative estimate of drug-likeness (QED) is 0.723. The number of ether oxygens (including phenoxy) is 1. The highest BCUT2D eigenvalue weighted by molar-refractivity contribution is 5.39. The van der Waals surface area contributed by atoms with Gasteiger partial charge in [-0.2, -0.15) is 13.2 Å². The first-order valence-electron chi connectivity index (χ1n) is 4.52. The molecule has 1 atom stereocenters. The molecular weight excluding hydrogens is 207 g/mol. The molecular formula is C10H10F3NO. The molecule has 1 heterocycles. The first-order valence-corrected chi connectivity index (χ1v) is 4.52. The van der Waals surface area contributed by atoms with Gasteiger partial charge in [-0.25, -0.2) is 0 Å². The zero-order valence-corrected chi connectivity index (χ0v) is 7.84. The second-order valence-corrected chi connectivity index (χ2v) is 3.49. The summed E-state index contributed by atoms with van der Waals surface area (Å²) in [6.45, 7) is 0.257. The molecule has 0 fully saturated rings. The van der Waals surface area contributed by atoms with Gasteiger partial charge < -0.3 is 10.5 Å². The summed E-state index contributed by atoms with van der Waals surface area (Å²) in [4.78, 5) is 0. The van der Waals surface area contributed by atoms with Crippen molar-refractivity contribution < 1.29 is 17.9 Å². The molecule has 1 aromatic carbocycles. The van der Waals surface area contributed by atoms with Gasteiger partial charge in [0.15, 0.2) is 0 Å². The largest absolute Gasteiger partial charge is 0.416 e. The number of alkyl halides is 3. The topological polar surface area (TPSA) is 35.2 Å². The number of benzene rings is 1. The van der Waals surface area contributed by atoms with E-state index in [1.54, 1.807) is 6.07 Å². The maximum Gasteiger partial charge on any atom is 0.416 e. The van der Waals surface area contributed by atoms with Crippen LogP contribution in [0.5, 0.6) is 0 Å². The van der Waals surface area contributed by atoms with Crippen LogP contribution in [0, 0.1) is 0 Å². The van der Waals surface area contributed by atoms with Gasteiger partial charge in [0, 0.05) is 0 Å². The van der Waals surface area contributed by atoms with Gasteiger partial charge in [-0.05, 0) is 17.2 Å². The lowest BCUT2D eigenvalue weighted by molar-refractivity contribution is -0.139. The van der Waals surface area contributed by atoms with Gasteiger partial charge in [-0.15, -0.1) is 0 Å². The van der Waals surface area contributed by atoms with Crippen LogP contribution < -0.4 is 5.73 Å². The van der Waals surface area contributed by atoms with Crippen LogP contribution in [0.3, 0.4) is 0 Å². The van der Waals surface area contributed by atoms with Crippen molar-refractivity contribution >= 4 is 0 Å². The molecule has 0 bridgehead atoms. The molecule has 2 nitrogen and oxygen atoms in total. The zero-order valence-electron chi connectivity index (χ0n) is 7.84. The van der Waals surface area contributed by atoms with Crippen LogP contribution in [0.1, 0.15) is 22.7 Å². The second kappa shape index (κ2) is 3.50. The Labute approximate surface area is 84.8 Å². The van der Waals surface area contributed by atoms with Crippen molar-refractivity contribution in [3.63, 3.8) is 0 Å². The van der Waals surface area contributed by atoms with Crippen molar-refractivity contribution in [3.05, 3.63) is 34.9 Å². The summed E-state index contributed by atoms with van der Waals surface area (Å²) >= 11 is 0. The van der Waals surface area contributed by atoms with E-state index in [1.165, 1.54) is 6.07 Å². The molecule has 1 aliphatic heterocycles. The minimum Gasteiger partial charge on any atom is -0.375 e. The molecule has 0 spiro atoms. The van der Waals surface area contributed by atoms with Crippen molar-refractivity contribution in [3.8, 4) is 0 Å². The lowest BCUT2D eigenvalue weighted by atomic mass is 9.95. The number of hydrogen-bond acceptors (Lipinski definition) is 2. The highest BCUT2D eigenvalue weighted by Gasteiger charge is 2.35. The van der Waals surface area contributed by atoms with Gasteiger partial charge in [-0.3, -0.25) is 0 Å². The van der Waals surface area contributed by atoms with Crippen molar-refractivity contribution in [1.82, 2.24) is 0 Å². The molecule has 0 saturated heterocycles. The fourth-order valence-corrected chi connectivity index (χ4v) is 1.76. The van der Waals surface area contributed by atoms with Gasteiger partial charge in [0.25, 0.3) is 0 Å². The lowest BCUT2D eigenvalue weighted by Crippen LogP contribution is -2.26. The van der Waals surface area contributed by atoms with Gasteiger partial charge in [0.2, 0.25) is 0 Å². The molecule has 15 heavy (non-hydrogen) atoms. The van der Waals surface area contributed by atoms with Crippen molar-refractivity contribution in [1.29, 1.82) is 0 Å². The molecule has 2 rings (SSSR count). The number of rotatable bonds is 0. The maximum absolute atomic E-state index is 12.6. The predicted molar refractivity (Wildman–Crippen MR) is 48.0 cm³/mol. The van der Waals surface area contributed by atoms with E-state index in [9.17, 15) is 13.2 Å². The highest BCUT2D eigenvalue weighted by Crippen LogP contribution is 2.36. The summed E-state index contributed by atoms with van der Waals surface area (Å²) in [5.74, 6) is 0. The normalized spacial score (nSPS) is 21.2. The summed E-state index contributed by atoms with van der Waals surface area (Å²) < 4.78 is 42.8. The monoisotopic (exact) mass is 217 g/mol. The van der Waals surface area contributed by atoms with Gasteiger partial charge in [0.05, 0.1) is 24.8 Å². The summed E-state index contributed by atoms with van der Waals surface area (Å²) in [7, 11) is 0. The van der Waals surface area contributed by atoms with Crippen LogP contribution in [0.2, 0.25) is 0 Å². The van der Waals surface area contributed by atoms with E-state index in [0.717, 1.165) is 6.07 Å². The molecule has 1 aromatic rings. The third kappa shape index (κ3) is 1.85. The van der Waals surface area contributed by atoms with Crippen LogP contribution in [-0.2, 0) is 17.5 Å². The van der Waals surface area contributed by atoms with E-state index >= 15 is 0 Å². The Bertz CT molecular complexity index is 375. The molecule has 82 valence electrons. The number of nitrogens with two attached hydrogens (primary N) is 1. The number of fused-ring (bicyclic) bond motifs is 1. The molecule has 1 aliphatic rings. The Kier molecular flexibility index (Phi) is 2.44. The Balaban J connectivity index is 2.54. The smallest absolute Gasteiger partial charge is 0.375 e. The molecule has 0 aromatic heterocycles. The standard InChI is InChI=1S/C10H10F3NO/c11-10(12,13)8-3-1-2-6-7(8)4-15-5-9(6)14/h1-3,9H,4-5,14H2/t9-/m0/s1. The first-order chi connectivity index (χ1) is 7.00. The Morgan fingerprint density at radius 2 is 2.07 bits per heavy atom. The summed E-state index contributed by atoms with van der Waals surface area (Å²) in [6.07, 6.45) is -4.34. The highest BCUT2D eigenvalue weighted by atomic mass is 19.4. The molecule has 0 saturated carbocycles. The fourth-order valence-electron chi connectivity index (χ4n) is 1.76. The van der Waals surface area contributed by atoms with E-state index in [-0.39, 0.29) is 18.8 Å². The molecule has 0 aliphatic carbocycles. The lowest BCUT2D eigenvalue weighted by Gasteiger charge is -2.25. The van der Waals surface area contributed by atoms with Gasteiger partial charge in [-0.1, -0.05) is 12.1 Å². The minimum absolute atomic E-state index is 0.0152. The number of halogens is 3. The van der Waals surface area contributed by atoms with E-state index in [1.807, 2.05) is 0 Å². The Hall–Kier alpha value is -1.07. The third-order valence-corrected chi connectivity index (χ3v) is 2.46. The van der Waals surface area contributed by atoms with Crippen molar-refractivity contribution in [2.75, 3.05) is 6.61 Å². The van der Waals surface area contributed by atoms with E-state index < -0.39 is 17.8 Å².